The molecule has 1 aliphatic carbocycles. The molecule has 0 radical (unpaired) electrons. The maximum atomic E-state index is 11.6. The van der Waals surface area contributed by atoms with Crippen molar-refractivity contribution in [1.29, 1.82) is 0 Å². The number of aliphatic hydroxyl groups is 1. The Kier molecular flexibility index (Phi) is 3.39. The quantitative estimate of drug-likeness (QED) is 0.752. The van der Waals surface area contributed by atoms with Gasteiger partial charge in [-0.2, -0.15) is 0 Å². The molecule has 0 spiro atoms. The van der Waals surface area contributed by atoms with Gasteiger partial charge < -0.3 is 14.9 Å². The molecule has 4 rings (SSSR count). The fourth-order valence-electron chi connectivity index (χ4n) is 5.16. The fourth-order valence-corrected chi connectivity index (χ4v) is 5.43. The van der Waals surface area contributed by atoms with Gasteiger partial charge >= 0.3 is 0 Å². The molecule has 0 saturated heterocycles. The van der Waals surface area contributed by atoms with Crippen LogP contribution in [0.5, 0.6) is 0 Å². The van der Waals surface area contributed by atoms with Crippen molar-refractivity contribution < 1.29 is 9.63 Å². The normalized spacial score (nSPS) is 29.9. The second-order valence-electron chi connectivity index (χ2n) is 8.38. The Morgan fingerprint density at radius 2 is 1.92 bits per heavy atom. The van der Waals surface area contributed by atoms with E-state index in [9.17, 15) is 5.11 Å². The van der Waals surface area contributed by atoms with Gasteiger partial charge in [-0.1, -0.05) is 23.7 Å². The summed E-state index contributed by atoms with van der Waals surface area (Å²) in [4.78, 5) is 0. The number of aryl methyl sites for hydroxylation is 2. The van der Waals surface area contributed by atoms with E-state index in [4.69, 9.17) is 16.1 Å². The molecule has 25 heavy (non-hydrogen) atoms. The Balaban J connectivity index is 1.99. The molecule has 1 aromatic heterocycles. The molecule has 0 amide bonds. The van der Waals surface area contributed by atoms with Crippen molar-refractivity contribution in [1.82, 2.24) is 5.16 Å². The molecule has 5 heteroatoms. The molecule has 2 unspecified atom stereocenters. The zero-order valence-corrected chi connectivity index (χ0v) is 16.2. The molecule has 2 heterocycles. The molecule has 1 fully saturated rings. The van der Waals surface area contributed by atoms with E-state index >= 15 is 0 Å². The molecule has 134 valence electrons. The number of fused-ring (bicyclic) bond motifs is 3. The van der Waals surface area contributed by atoms with Crippen molar-refractivity contribution in [2.75, 3.05) is 5.32 Å². The van der Waals surface area contributed by atoms with Gasteiger partial charge in [0, 0.05) is 11.0 Å². The number of anilines is 1. The van der Waals surface area contributed by atoms with E-state index in [-0.39, 0.29) is 5.41 Å². The molecule has 4 nitrogen and oxygen atoms in total. The van der Waals surface area contributed by atoms with Crippen LogP contribution in [0.2, 0.25) is 5.02 Å². The van der Waals surface area contributed by atoms with Crippen LogP contribution in [-0.4, -0.2) is 21.4 Å². The largest absolute Gasteiger partial charge is 0.387 e. The van der Waals surface area contributed by atoms with Crippen LogP contribution >= 0.6 is 11.6 Å². The Morgan fingerprint density at radius 3 is 2.56 bits per heavy atom. The predicted octanol–water partition coefficient (Wildman–Crippen LogP) is 4.99. The summed E-state index contributed by atoms with van der Waals surface area (Å²) >= 11 is 6.70. The first-order valence-corrected chi connectivity index (χ1v) is 9.26. The van der Waals surface area contributed by atoms with E-state index in [0.29, 0.717) is 5.02 Å². The van der Waals surface area contributed by atoms with Crippen molar-refractivity contribution in [3.8, 4) is 11.1 Å². The van der Waals surface area contributed by atoms with E-state index in [1.165, 1.54) is 0 Å². The average molecular weight is 361 g/mol. The van der Waals surface area contributed by atoms with Crippen molar-refractivity contribution in [3.05, 3.63) is 34.2 Å². The molecule has 1 aliphatic heterocycles. The van der Waals surface area contributed by atoms with Crippen LogP contribution in [0.4, 0.5) is 5.69 Å². The molecule has 0 bridgehead atoms. The number of benzene rings is 1. The van der Waals surface area contributed by atoms with Crippen LogP contribution in [0.3, 0.4) is 0 Å². The first-order valence-electron chi connectivity index (χ1n) is 8.88. The van der Waals surface area contributed by atoms with Crippen molar-refractivity contribution in [2.24, 2.45) is 0 Å². The average Bonchev–Trinajstić information content (AvgIpc) is 3.02. The number of aromatic nitrogens is 1. The van der Waals surface area contributed by atoms with Gasteiger partial charge in [-0.15, -0.1) is 0 Å². The van der Waals surface area contributed by atoms with Gasteiger partial charge in [-0.25, -0.2) is 0 Å². The number of rotatable bonds is 1. The van der Waals surface area contributed by atoms with Gasteiger partial charge in [0.25, 0.3) is 0 Å². The van der Waals surface area contributed by atoms with Gasteiger partial charge in [0.15, 0.2) is 0 Å². The predicted molar refractivity (Wildman–Crippen MR) is 100 cm³/mol. The zero-order chi connectivity index (χ0) is 18.2. The highest BCUT2D eigenvalue weighted by Crippen LogP contribution is 2.60. The molecular weight excluding hydrogens is 336 g/mol. The summed E-state index contributed by atoms with van der Waals surface area (Å²) in [6, 6.07) is 4.13. The number of hydrogen-bond acceptors (Lipinski definition) is 4. The maximum absolute atomic E-state index is 11.6. The smallest absolute Gasteiger partial charge is 0.141 e. The molecule has 2 aromatic rings. The van der Waals surface area contributed by atoms with Crippen LogP contribution in [0, 0.1) is 13.8 Å². The van der Waals surface area contributed by atoms with E-state index in [1.807, 2.05) is 19.9 Å². The molecule has 2 N–H and O–H groups in total. The van der Waals surface area contributed by atoms with Crippen LogP contribution in [-0.2, 0) is 5.41 Å². The summed E-state index contributed by atoms with van der Waals surface area (Å²) in [5.41, 5.74) is 3.27. The third-order valence-electron chi connectivity index (χ3n) is 6.61. The van der Waals surface area contributed by atoms with Gasteiger partial charge in [0.1, 0.15) is 5.76 Å². The number of nitrogens with one attached hydrogen (secondary N) is 1. The van der Waals surface area contributed by atoms with E-state index < -0.39 is 11.1 Å². The highest BCUT2D eigenvalue weighted by Gasteiger charge is 2.63. The summed E-state index contributed by atoms with van der Waals surface area (Å²) in [6.07, 6.45) is 2.74. The van der Waals surface area contributed by atoms with E-state index in [1.54, 1.807) is 0 Å². The van der Waals surface area contributed by atoms with Gasteiger partial charge in [-0.05, 0) is 70.2 Å². The number of hydrogen-bond donors (Lipinski definition) is 2. The Hall–Kier alpha value is -1.52. The van der Waals surface area contributed by atoms with Crippen LogP contribution in [0.1, 0.15) is 57.1 Å². The topological polar surface area (TPSA) is 58.3 Å². The zero-order valence-electron chi connectivity index (χ0n) is 15.5. The Morgan fingerprint density at radius 1 is 1.20 bits per heavy atom. The molecule has 1 aromatic carbocycles. The van der Waals surface area contributed by atoms with Gasteiger partial charge in [0.2, 0.25) is 0 Å². The molecule has 1 saturated carbocycles. The number of halogens is 1. The summed E-state index contributed by atoms with van der Waals surface area (Å²) < 4.78 is 5.34. The molecular formula is C20H25ClN2O2. The second-order valence-corrected chi connectivity index (χ2v) is 8.78. The van der Waals surface area contributed by atoms with Crippen molar-refractivity contribution in [3.63, 3.8) is 0 Å². The standard InChI is InChI=1S/C20H25ClN2O2/c1-11-16(12(2)25-23-11)13-9-14-17(15(21)10-13)22-18(3,4)20(24)8-6-7-19(14,20)5/h9-10,22,24H,6-8H2,1-5H3. The first kappa shape index (κ1) is 16.9. The lowest BCUT2D eigenvalue weighted by Crippen LogP contribution is -2.65. The van der Waals surface area contributed by atoms with Crippen molar-refractivity contribution in [2.45, 2.75) is 70.4 Å². The Labute approximate surface area is 153 Å². The summed E-state index contributed by atoms with van der Waals surface area (Å²) in [7, 11) is 0. The lowest BCUT2D eigenvalue weighted by Gasteiger charge is -2.55. The van der Waals surface area contributed by atoms with Crippen LogP contribution in [0.25, 0.3) is 11.1 Å². The van der Waals surface area contributed by atoms with Crippen LogP contribution in [0.15, 0.2) is 16.7 Å². The fraction of sp³-hybridized carbons (Fsp3) is 0.550. The maximum Gasteiger partial charge on any atom is 0.141 e. The minimum absolute atomic E-state index is 0.338. The lowest BCUT2D eigenvalue weighted by atomic mass is 9.60. The van der Waals surface area contributed by atoms with Crippen LogP contribution < -0.4 is 5.32 Å². The second kappa shape index (κ2) is 5.01. The Bertz CT molecular complexity index is 853. The highest BCUT2D eigenvalue weighted by molar-refractivity contribution is 6.34. The first-order chi connectivity index (χ1) is 11.6. The SMILES string of the molecule is Cc1noc(C)c1-c1cc(Cl)c2c(c1)C1(C)CCCC1(O)C(C)(C)N2. The molecule has 2 aliphatic rings. The summed E-state index contributed by atoms with van der Waals surface area (Å²) in [5.74, 6) is 0.782. The number of nitrogens with zero attached hydrogens (tertiary/aromatic N) is 1. The summed E-state index contributed by atoms with van der Waals surface area (Å²) in [6.45, 7) is 10.2. The van der Waals surface area contributed by atoms with Gasteiger partial charge in [0.05, 0.1) is 27.5 Å². The molecule has 2 atom stereocenters. The van der Waals surface area contributed by atoms with E-state index in [0.717, 1.165) is 53.1 Å². The monoisotopic (exact) mass is 360 g/mol. The van der Waals surface area contributed by atoms with Crippen molar-refractivity contribution >= 4 is 17.3 Å². The van der Waals surface area contributed by atoms with Gasteiger partial charge in [-0.3, -0.25) is 0 Å². The van der Waals surface area contributed by atoms with E-state index in [2.05, 4.69) is 37.3 Å². The lowest BCUT2D eigenvalue weighted by molar-refractivity contribution is -0.0628. The highest BCUT2D eigenvalue weighted by atomic mass is 35.5. The third-order valence-corrected chi connectivity index (χ3v) is 6.90. The minimum Gasteiger partial charge on any atom is -0.387 e. The third kappa shape index (κ3) is 2.01. The summed E-state index contributed by atoms with van der Waals surface area (Å²) in [5, 5.41) is 19.9. The minimum atomic E-state index is -0.812.